The van der Waals surface area contributed by atoms with E-state index in [2.05, 4.69) is 20.4 Å². The van der Waals surface area contributed by atoms with Gasteiger partial charge in [0.2, 0.25) is 0 Å². The van der Waals surface area contributed by atoms with Gasteiger partial charge in [0.25, 0.3) is 0 Å². The summed E-state index contributed by atoms with van der Waals surface area (Å²) in [6.07, 6.45) is 2.02. The maximum absolute atomic E-state index is 10.4. The molecule has 0 aromatic heterocycles. The van der Waals surface area contributed by atoms with Gasteiger partial charge in [0.1, 0.15) is 0 Å². The summed E-state index contributed by atoms with van der Waals surface area (Å²) in [5, 5.41) is 0. The van der Waals surface area contributed by atoms with Crippen LogP contribution in [0.4, 0.5) is 0 Å². The molecule has 0 unspecified atom stereocenters. The Kier molecular flexibility index (Phi) is 15.9. The molecule has 0 rings (SSSR count). The van der Waals surface area contributed by atoms with Crippen LogP contribution in [0.3, 0.4) is 0 Å². The number of esters is 1. The molecule has 0 saturated carbocycles. The molecule has 0 heterocycles. The van der Waals surface area contributed by atoms with Gasteiger partial charge in [-0.05, 0) is 20.3 Å². The van der Waals surface area contributed by atoms with Crippen molar-refractivity contribution in [2.75, 3.05) is 19.8 Å². The Balaban J connectivity index is 0. The highest BCUT2D eigenvalue weighted by Gasteiger charge is 1.91. The fraction of sp³-hybridized carbons (Fsp3) is 0.700. The molecule has 0 aromatic rings. The molecule has 96 valence electrons. The van der Waals surface area contributed by atoms with Crippen LogP contribution in [0.2, 0.25) is 0 Å². The van der Waals surface area contributed by atoms with E-state index >= 15 is 0 Å². The number of carbonyl (C=O) groups excluding carboxylic acids is 1. The Bertz CT molecular complexity index is 197. The molecular weight excluding hydrogens is 231 g/mol. The topological polar surface area (TPSA) is 61.8 Å². The van der Waals surface area contributed by atoms with Crippen LogP contribution in [0.15, 0.2) is 12.7 Å². The first-order valence-corrected chi connectivity index (χ1v) is 6.43. The van der Waals surface area contributed by atoms with Crippen molar-refractivity contribution in [1.29, 1.82) is 0 Å². The molecule has 0 radical (unpaired) electrons. The van der Waals surface area contributed by atoms with E-state index in [1.54, 1.807) is 13.8 Å². The van der Waals surface area contributed by atoms with Crippen molar-refractivity contribution in [3.05, 3.63) is 12.7 Å². The monoisotopic (exact) mass is 252 g/mol. The molecule has 6 heteroatoms. The highest BCUT2D eigenvalue weighted by molar-refractivity contribution is 7.33. The summed E-state index contributed by atoms with van der Waals surface area (Å²) in [7, 11) is -2.14. The summed E-state index contributed by atoms with van der Waals surface area (Å²) in [4.78, 5) is 10.2. The van der Waals surface area contributed by atoms with E-state index in [1.165, 1.54) is 0 Å². The molecule has 0 atom stereocenters. The van der Waals surface area contributed by atoms with E-state index in [-0.39, 0.29) is 5.97 Å². The number of hydrogen-bond donors (Lipinski definition) is 0. The summed E-state index contributed by atoms with van der Waals surface area (Å²) in [5.74, 6) is -0.341. The lowest BCUT2D eigenvalue weighted by Gasteiger charge is -1.97. The van der Waals surface area contributed by atoms with Gasteiger partial charge in [-0.1, -0.05) is 13.5 Å². The van der Waals surface area contributed by atoms with Crippen LogP contribution >= 0.6 is 8.25 Å². The summed E-state index contributed by atoms with van der Waals surface area (Å²) in [6.45, 7) is 10.1. The lowest BCUT2D eigenvalue weighted by atomic mass is 10.5. The van der Waals surface area contributed by atoms with Crippen molar-refractivity contribution in [2.24, 2.45) is 0 Å². The van der Waals surface area contributed by atoms with Crippen LogP contribution in [0, 0.1) is 0 Å². The Labute approximate surface area is 97.7 Å². The molecule has 0 spiro atoms. The highest BCUT2D eigenvalue weighted by atomic mass is 31.1. The average molecular weight is 252 g/mol. The number of hydrogen-bond acceptors (Lipinski definition) is 5. The molecule has 0 aliphatic carbocycles. The molecule has 5 nitrogen and oxygen atoms in total. The first-order chi connectivity index (χ1) is 7.62. The normalized spacial score (nSPS) is 9.25. The third-order valence-corrected chi connectivity index (χ3v) is 2.19. The largest absolute Gasteiger partial charge is 0.463 e. The van der Waals surface area contributed by atoms with Gasteiger partial charge in [0, 0.05) is 6.08 Å². The molecular formula is C10H21O5P. The molecule has 0 fully saturated rings. The van der Waals surface area contributed by atoms with E-state index in [0.717, 1.165) is 12.5 Å². The van der Waals surface area contributed by atoms with Crippen LogP contribution in [0.1, 0.15) is 27.2 Å². The van der Waals surface area contributed by atoms with E-state index in [1.807, 2.05) is 6.92 Å². The predicted molar refractivity (Wildman–Crippen MR) is 63.7 cm³/mol. The zero-order valence-electron chi connectivity index (χ0n) is 10.2. The van der Waals surface area contributed by atoms with Crippen LogP contribution in [0.25, 0.3) is 0 Å². The Morgan fingerprint density at radius 2 is 1.75 bits per heavy atom. The van der Waals surface area contributed by atoms with E-state index in [0.29, 0.717) is 19.8 Å². The van der Waals surface area contributed by atoms with Gasteiger partial charge in [-0.25, -0.2) is 4.79 Å². The van der Waals surface area contributed by atoms with Crippen LogP contribution in [-0.4, -0.2) is 25.8 Å². The molecule has 0 aliphatic heterocycles. The predicted octanol–water partition coefficient (Wildman–Crippen LogP) is 2.57. The fourth-order valence-electron chi connectivity index (χ4n) is 0.539. The van der Waals surface area contributed by atoms with Gasteiger partial charge in [-0.2, -0.15) is 0 Å². The molecule has 16 heavy (non-hydrogen) atoms. The van der Waals surface area contributed by atoms with Crippen molar-refractivity contribution < 1.29 is 23.1 Å². The third kappa shape index (κ3) is 15.8. The van der Waals surface area contributed by atoms with Gasteiger partial charge in [0.05, 0.1) is 19.8 Å². The Morgan fingerprint density at radius 3 is 2.06 bits per heavy atom. The molecule has 0 saturated heterocycles. The standard InChI is InChI=1S/C6H10O2.C4H11O3P/c1-3-5-8-6(7)4-2;1-3-6-8(5)7-4-2/h4H,2-3,5H2,1H3;8H,3-4H2,1-2H3. The molecule has 0 N–H and O–H groups in total. The minimum absolute atomic E-state index is 0.341. The lowest BCUT2D eigenvalue weighted by Crippen LogP contribution is -1.99. The van der Waals surface area contributed by atoms with Gasteiger partial charge in [-0.15, -0.1) is 0 Å². The van der Waals surface area contributed by atoms with Crippen LogP contribution in [0.5, 0.6) is 0 Å². The zero-order chi connectivity index (χ0) is 12.8. The SMILES string of the molecule is C=CC(=O)OCCC.CCO[PH](=O)OCC. The van der Waals surface area contributed by atoms with Gasteiger partial charge in [-0.3, -0.25) is 4.57 Å². The minimum Gasteiger partial charge on any atom is -0.463 e. The number of ether oxygens (including phenoxy) is 1. The van der Waals surface area contributed by atoms with Crippen LogP contribution in [-0.2, 0) is 23.1 Å². The van der Waals surface area contributed by atoms with Gasteiger partial charge in [0.15, 0.2) is 0 Å². The molecule has 0 bridgehead atoms. The number of rotatable bonds is 7. The first-order valence-electron chi connectivity index (χ1n) is 5.20. The average Bonchev–Trinajstić information content (AvgIpc) is 2.27. The minimum atomic E-state index is -2.14. The molecule has 0 aromatic carbocycles. The number of carbonyl (C=O) groups is 1. The second-order valence-corrected chi connectivity index (χ2v) is 3.56. The second kappa shape index (κ2) is 14.4. The summed E-state index contributed by atoms with van der Waals surface area (Å²) in [5.41, 5.74) is 0. The van der Waals surface area contributed by atoms with Crippen molar-refractivity contribution in [1.82, 2.24) is 0 Å². The highest BCUT2D eigenvalue weighted by Crippen LogP contribution is 2.21. The molecule has 0 aliphatic rings. The van der Waals surface area contributed by atoms with E-state index in [9.17, 15) is 9.36 Å². The zero-order valence-corrected chi connectivity index (χ0v) is 11.2. The fourth-order valence-corrected chi connectivity index (χ4v) is 1.09. The lowest BCUT2D eigenvalue weighted by molar-refractivity contribution is -0.137. The summed E-state index contributed by atoms with van der Waals surface area (Å²) >= 11 is 0. The quantitative estimate of drug-likeness (QED) is 0.396. The van der Waals surface area contributed by atoms with E-state index in [4.69, 9.17) is 0 Å². The smallest absolute Gasteiger partial charge is 0.330 e. The Hall–Kier alpha value is -0.640. The second-order valence-electron chi connectivity index (χ2n) is 2.49. The Morgan fingerprint density at radius 1 is 1.25 bits per heavy atom. The first kappa shape index (κ1) is 17.7. The maximum atomic E-state index is 10.4. The molecule has 0 amide bonds. The summed E-state index contributed by atoms with van der Waals surface area (Å²) < 4.78 is 24.2. The van der Waals surface area contributed by atoms with Crippen LogP contribution < -0.4 is 0 Å². The van der Waals surface area contributed by atoms with Gasteiger partial charge < -0.3 is 13.8 Å². The van der Waals surface area contributed by atoms with Gasteiger partial charge >= 0.3 is 14.2 Å². The summed E-state index contributed by atoms with van der Waals surface area (Å²) in [6, 6.07) is 0. The van der Waals surface area contributed by atoms with Crippen molar-refractivity contribution in [2.45, 2.75) is 27.2 Å². The van der Waals surface area contributed by atoms with Crippen molar-refractivity contribution in [3.63, 3.8) is 0 Å². The maximum Gasteiger partial charge on any atom is 0.330 e. The van der Waals surface area contributed by atoms with E-state index < -0.39 is 8.25 Å². The van der Waals surface area contributed by atoms with Crippen molar-refractivity contribution >= 4 is 14.2 Å². The van der Waals surface area contributed by atoms with Crippen molar-refractivity contribution in [3.8, 4) is 0 Å². The third-order valence-electron chi connectivity index (χ3n) is 1.14.